The molecule has 2 aromatic rings. The zero-order valence-corrected chi connectivity index (χ0v) is 22.2. The average Bonchev–Trinajstić information content (AvgIpc) is 3.26. The summed E-state index contributed by atoms with van der Waals surface area (Å²) in [6, 6.07) is 0. The quantitative estimate of drug-likeness (QED) is 0.0740. The molecule has 194 valence electrons. The fourth-order valence-electron chi connectivity index (χ4n) is 2.86. The number of aromatic nitrogens is 4. The van der Waals surface area contributed by atoms with Crippen LogP contribution in [0.2, 0.25) is 0 Å². The molecule has 3 rings (SSSR count). The van der Waals surface area contributed by atoms with E-state index in [-0.39, 0.29) is 17.0 Å². The standard InChI is InChI=1S/C12H17BCl2N5O11P3S/c1-35-11-18-8(16)5-9(19-11)20(3-17-5)10-7(22)6(21)4(30-10)2-29-34(13,28)31-33(26,27)12(14,15)32(23,24)25/h3-4,6-7,10,21-22H,2H2,1H3,(H,26,27)(H2,16,18,19)(H2,23,24,25)/t4?,6-,7-,10?,34?/m1/s1. The van der Waals surface area contributed by atoms with Crippen LogP contribution >= 0.6 is 57.6 Å². The molecule has 0 spiro atoms. The summed E-state index contributed by atoms with van der Waals surface area (Å²) in [5.74, 6) is 0.0608. The molecule has 16 nitrogen and oxygen atoms in total. The van der Waals surface area contributed by atoms with Gasteiger partial charge in [0.25, 0.3) is 7.47 Å². The number of ether oxygens (including phenoxy) is 1. The number of hydrogen-bond donors (Lipinski definition) is 6. The minimum absolute atomic E-state index is 0.0608. The van der Waals surface area contributed by atoms with Gasteiger partial charge in [0.1, 0.15) is 23.8 Å². The van der Waals surface area contributed by atoms with Crippen LogP contribution < -0.4 is 5.73 Å². The van der Waals surface area contributed by atoms with Gasteiger partial charge >= 0.3 is 19.0 Å². The Kier molecular flexibility index (Phi) is 8.46. The van der Waals surface area contributed by atoms with Gasteiger partial charge in [-0.2, -0.15) is 0 Å². The lowest BCUT2D eigenvalue weighted by molar-refractivity contribution is -0.0478. The molecule has 1 aliphatic rings. The molecule has 0 saturated carbocycles. The smallest absolute Gasteiger partial charge is 0.383 e. The lowest BCUT2D eigenvalue weighted by Gasteiger charge is -2.28. The van der Waals surface area contributed by atoms with Gasteiger partial charge in [-0.15, -0.1) is 0 Å². The summed E-state index contributed by atoms with van der Waals surface area (Å²) in [4.78, 5) is 40.2. The van der Waals surface area contributed by atoms with Crippen molar-refractivity contribution in [2.24, 2.45) is 0 Å². The number of hydrogen-bond acceptors (Lipinski definition) is 13. The maximum absolute atomic E-state index is 12.3. The third-order valence-electron chi connectivity index (χ3n) is 4.56. The molecule has 23 heteroatoms. The highest BCUT2D eigenvalue weighted by molar-refractivity contribution is 7.98. The molecule has 2 radical (unpaired) electrons. The minimum atomic E-state index is -5.76. The first-order chi connectivity index (χ1) is 15.9. The highest BCUT2D eigenvalue weighted by Gasteiger charge is 2.62. The predicted octanol–water partition coefficient (Wildman–Crippen LogP) is 0.511. The van der Waals surface area contributed by atoms with E-state index in [0.717, 1.165) is 0 Å². The average molecular weight is 614 g/mol. The van der Waals surface area contributed by atoms with Gasteiger partial charge in [0.15, 0.2) is 22.8 Å². The van der Waals surface area contributed by atoms with E-state index in [2.05, 4.69) is 19.3 Å². The fourth-order valence-corrected chi connectivity index (χ4v) is 7.60. The van der Waals surface area contributed by atoms with E-state index in [1.165, 1.54) is 22.7 Å². The molecule has 0 aromatic carbocycles. The number of thioether (sulfide) groups is 1. The summed E-state index contributed by atoms with van der Waals surface area (Å²) in [6.07, 6.45) is -3.04. The van der Waals surface area contributed by atoms with Crippen LogP contribution in [0.5, 0.6) is 0 Å². The first-order valence-corrected chi connectivity index (χ1v) is 15.8. The van der Waals surface area contributed by atoms with Crippen molar-refractivity contribution < 1.29 is 52.2 Å². The number of imidazole rings is 1. The van der Waals surface area contributed by atoms with Crippen molar-refractivity contribution in [2.45, 2.75) is 33.5 Å². The van der Waals surface area contributed by atoms with Crippen LogP contribution in [0.1, 0.15) is 6.23 Å². The number of nitrogens with two attached hydrogens (primary N) is 1. The predicted molar refractivity (Wildman–Crippen MR) is 124 cm³/mol. The largest absolute Gasteiger partial charge is 0.387 e. The molecule has 1 fully saturated rings. The molecule has 2 aromatic heterocycles. The second kappa shape index (κ2) is 10.1. The summed E-state index contributed by atoms with van der Waals surface area (Å²) in [6.45, 7) is -0.879. The van der Waals surface area contributed by atoms with E-state index in [0.29, 0.717) is 5.16 Å². The molecule has 7 N–H and O–H groups in total. The van der Waals surface area contributed by atoms with E-state index in [1.807, 2.05) is 0 Å². The van der Waals surface area contributed by atoms with Gasteiger partial charge in [0.05, 0.1) is 12.9 Å². The third-order valence-corrected chi connectivity index (χ3v) is 12.9. The van der Waals surface area contributed by atoms with Crippen molar-refractivity contribution in [1.82, 2.24) is 19.5 Å². The molecule has 1 aliphatic heterocycles. The van der Waals surface area contributed by atoms with E-state index >= 15 is 0 Å². The zero-order valence-electron chi connectivity index (χ0n) is 17.2. The van der Waals surface area contributed by atoms with Gasteiger partial charge in [0.2, 0.25) is 7.57 Å². The first kappa shape index (κ1) is 29.3. The van der Waals surface area contributed by atoms with Crippen LogP contribution in [0, 0.1) is 0 Å². The molecule has 6 atom stereocenters. The van der Waals surface area contributed by atoms with Gasteiger partial charge in [-0.3, -0.25) is 18.3 Å². The van der Waals surface area contributed by atoms with E-state index in [9.17, 15) is 28.8 Å². The third kappa shape index (κ3) is 5.76. The monoisotopic (exact) mass is 613 g/mol. The molecule has 0 bridgehead atoms. The number of fused-ring (bicyclic) bond motifs is 1. The Morgan fingerprint density at radius 2 is 1.89 bits per heavy atom. The first-order valence-electron chi connectivity index (χ1n) is 8.98. The molecule has 0 aliphatic carbocycles. The van der Waals surface area contributed by atoms with Crippen molar-refractivity contribution in [3.63, 3.8) is 0 Å². The van der Waals surface area contributed by atoms with Crippen LogP contribution in [0.15, 0.2) is 11.5 Å². The van der Waals surface area contributed by atoms with Crippen LogP contribution in [-0.2, 0) is 27.3 Å². The second-order valence-electron chi connectivity index (χ2n) is 6.96. The summed E-state index contributed by atoms with van der Waals surface area (Å²) in [5, 5.41) is 21.1. The summed E-state index contributed by atoms with van der Waals surface area (Å²) < 4.78 is 47.7. The van der Waals surface area contributed by atoms with E-state index in [4.69, 9.17) is 55.5 Å². The normalized spacial score (nSPS) is 27.1. The van der Waals surface area contributed by atoms with Crippen molar-refractivity contribution in [1.29, 1.82) is 0 Å². The Morgan fingerprint density at radius 3 is 2.46 bits per heavy atom. The van der Waals surface area contributed by atoms with Crippen molar-refractivity contribution >= 4 is 82.2 Å². The summed E-state index contributed by atoms with van der Waals surface area (Å²) in [5.41, 5.74) is 6.22. The summed E-state index contributed by atoms with van der Waals surface area (Å²) in [7, 11) is -11.3. The molecule has 0 amide bonds. The second-order valence-corrected chi connectivity index (χ2v) is 15.9. The highest BCUT2D eigenvalue weighted by atomic mass is 35.5. The number of nitrogens with zero attached hydrogens (tertiary/aromatic N) is 4. The minimum Gasteiger partial charge on any atom is -0.387 e. The highest BCUT2D eigenvalue weighted by Crippen LogP contribution is 2.79. The number of aliphatic hydroxyl groups excluding tert-OH is 2. The number of aliphatic hydroxyl groups is 2. The van der Waals surface area contributed by atoms with Crippen LogP contribution in [0.4, 0.5) is 5.82 Å². The number of alkyl halides is 2. The molecule has 3 heterocycles. The Morgan fingerprint density at radius 1 is 1.26 bits per heavy atom. The van der Waals surface area contributed by atoms with E-state index < -0.39 is 57.6 Å². The molecule has 1 saturated heterocycles. The van der Waals surface area contributed by atoms with Gasteiger partial charge in [-0.05, 0) is 6.26 Å². The lowest BCUT2D eigenvalue weighted by Crippen LogP contribution is -2.33. The SMILES string of the molecule is [B]P(=O)(OCC1OC(n2cnc3c(N)nc(SC)nc32)[C@H](O)[C@@H]1O)OP(=O)(O)C(Cl)(Cl)P(=O)(O)O. The van der Waals surface area contributed by atoms with E-state index in [1.54, 1.807) is 6.26 Å². The van der Waals surface area contributed by atoms with Crippen LogP contribution in [-0.4, -0.2) is 87.0 Å². The van der Waals surface area contributed by atoms with Gasteiger partial charge in [0, 0.05) is 0 Å². The zero-order chi connectivity index (χ0) is 26.6. The van der Waals surface area contributed by atoms with Crippen LogP contribution in [0.3, 0.4) is 0 Å². The molecule has 4 unspecified atom stereocenters. The molecule has 35 heavy (non-hydrogen) atoms. The number of nitrogen functional groups attached to an aromatic ring is 1. The van der Waals surface area contributed by atoms with Gasteiger partial charge < -0.3 is 39.9 Å². The summed E-state index contributed by atoms with van der Waals surface area (Å²) >= 11 is 11.7. The Balaban J connectivity index is 1.76. The Labute approximate surface area is 212 Å². The maximum atomic E-state index is 12.3. The molecular weight excluding hydrogens is 597 g/mol. The van der Waals surface area contributed by atoms with Gasteiger partial charge in [-0.1, -0.05) is 35.0 Å². The number of halogens is 2. The lowest BCUT2D eigenvalue weighted by atomic mass is 10.1. The Bertz CT molecular complexity index is 1270. The Hall–Kier alpha value is -0.285. The van der Waals surface area contributed by atoms with Gasteiger partial charge in [-0.25, -0.2) is 19.3 Å². The number of anilines is 1. The molecular formula is C12H17BCl2N5O11P3S. The maximum Gasteiger partial charge on any atom is 0.383 e. The van der Waals surface area contributed by atoms with Crippen molar-refractivity contribution in [3.05, 3.63) is 6.33 Å². The van der Waals surface area contributed by atoms with Crippen LogP contribution in [0.25, 0.3) is 11.2 Å². The topological polar surface area (TPSA) is 250 Å². The van der Waals surface area contributed by atoms with Crippen molar-refractivity contribution in [3.8, 4) is 0 Å². The fraction of sp³-hybridized carbons (Fsp3) is 0.583. The van der Waals surface area contributed by atoms with Crippen molar-refractivity contribution in [2.75, 3.05) is 18.6 Å². The number of rotatable bonds is 9.